The summed E-state index contributed by atoms with van der Waals surface area (Å²) in [4.78, 5) is 0. The molecule has 29 heavy (non-hydrogen) atoms. The minimum absolute atomic E-state index is 0.340. The van der Waals surface area contributed by atoms with Crippen molar-refractivity contribution in [2.45, 2.75) is 25.7 Å². The molecule has 154 valence electrons. The fourth-order valence-electron chi connectivity index (χ4n) is 2.97. The predicted octanol–water partition coefficient (Wildman–Crippen LogP) is 5.74. The summed E-state index contributed by atoms with van der Waals surface area (Å²) in [5.74, 6) is 1.21. The Hall–Kier alpha value is -2.13. The van der Waals surface area contributed by atoms with E-state index in [-0.39, 0.29) is 5.41 Å². The van der Waals surface area contributed by atoms with E-state index in [1.807, 2.05) is 42.7 Å². The highest BCUT2D eigenvalue weighted by molar-refractivity contribution is 7.96. The van der Waals surface area contributed by atoms with Crippen LogP contribution in [-0.4, -0.2) is 26.5 Å². The van der Waals surface area contributed by atoms with E-state index in [0.29, 0.717) is 22.9 Å². The third-order valence-corrected chi connectivity index (χ3v) is 5.61. The maximum absolute atomic E-state index is 9.43. The van der Waals surface area contributed by atoms with Gasteiger partial charge in [-0.1, -0.05) is 56.1 Å². The Morgan fingerprint density at radius 2 is 1.93 bits per heavy atom. The number of nitrogens with one attached hydrogen (secondary N) is 1. The fraction of sp³-hybridized carbons (Fsp3) is 0.348. The molecule has 0 atom stereocenters. The first-order chi connectivity index (χ1) is 13.8. The highest BCUT2D eigenvalue weighted by atomic mass is 35.5. The SMILES string of the molecule is C=C(CCNSC)COc1ccc(C(C)(C)c2cc(Cl)c(OC)c(C#N)c2)cc1. The van der Waals surface area contributed by atoms with Crippen LogP contribution in [0.5, 0.6) is 11.5 Å². The zero-order valence-corrected chi connectivity index (χ0v) is 18.9. The van der Waals surface area contributed by atoms with Crippen molar-refractivity contribution in [1.29, 1.82) is 5.26 Å². The van der Waals surface area contributed by atoms with Gasteiger partial charge >= 0.3 is 0 Å². The first-order valence-corrected chi connectivity index (χ1v) is 10.9. The molecule has 0 saturated carbocycles. The largest absolute Gasteiger partial charge is 0.494 e. The predicted molar refractivity (Wildman–Crippen MR) is 122 cm³/mol. The molecule has 0 aliphatic heterocycles. The summed E-state index contributed by atoms with van der Waals surface area (Å²) in [7, 11) is 1.51. The van der Waals surface area contributed by atoms with Gasteiger partial charge in [0.05, 0.1) is 17.7 Å². The van der Waals surface area contributed by atoms with Crippen LogP contribution in [0.2, 0.25) is 5.02 Å². The molecule has 0 aromatic heterocycles. The molecule has 0 amide bonds. The van der Waals surface area contributed by atoms with Crippen molar-refractivity contribution < 1.29 is 9.47 Å². The summed E-state index contributed by atoms with van der Waals surface area (Å²) in [5, 5.41) is 9.86. The summed E-state index contributed by atoms with van der Waals surface area (Å²) in [6.07, 6.45) is 2.88. The third kappa shape index (κ3) is 5.93. The van der Waals surface area contributed by atoms with E-state index in [2.05, 4.69) is 31.2 Å². The standard InChI is InChI=1S/C23H27ClN2O2S/c1-16(10-11-26-29-5)15-28-20-8-6-18(7-9-20)23(2,3)19-12-17(14-25)22(27-4)21(24)13-19/h6-9,12-13,26H,1,10-11,15H2,2-5H3. The number of ether oxygens (including phenoxy) is 2. The van der Waals surface area contributed by atoms with Gasteiger partial charge in [0, 0.05) is 12.0 Å². The molecule has 0 heterocycles. The minimum atomic E-state index is -0.340. The fourth-order valence-corrected chi connectivity index (χ4v) is 3.57. The lowest BCUT2D eigenvalue weighted by Gasteiger charge is -2.27. The molecule has 2 rings (SSSR count). The topological polar surface area (TPSA) is 54.3 Å². The molecule has 0 saturated heterocycles. The Bertz CT molecular complexity index is 889. The summed E-state index contributed by atoms with van der Waals surface area (Å²) in [6, 6.07) is 13.9. The second-order valence-electron chi connectivity index (χ2n) is 7.19. The highest BCUT2D eigenvalue weighted by Gasteiger charge is 2.25. The molecular weight excluding hydrogens is 404 g/mol. The second kappa shape index (κ2) is 10.6. The van der Waals surface area contributed by atoms with Crippen LogP contribution < -0.4 is 14.2 Å². The number of hydrogen-bond acceptors (Lipinski definition) is 5. The normalized spacial score (nSPS) is 11.0. The van der Waals surface area contributed by atoms with Crippen LogP contribution in [-0.2, 0) is 5.41 Å². The lowest BCUT2D eigenvalue weighted by Crippen LogP contribution is -2.19. The molecule has 0 fully saturated rings. The average molecular weight is 431 g/mol. The second-order valence-corrected chi connectivity index (χ2v) is 8.29. The van der Waals surface area contributed by atoms with Crippen LogP contribution in [0, 0.1) is 11.3 Å². The van der Waals surface area contributed by atoms with E-state index in [1.165, 1.54) is 7.11 Å². The molecule has 1 N–H and O–H groups in total. The summed E-state index contributed by atoms with van der Waals surface area (Å²) >= 11 is 7.94. The lowest BCUT2D eigenvalue weighted by molar-refractivity contribution is 0.348. The van der Waals surface area contributed by atoms with Crippen molar-refractivity contribution in [3.05, 3.63) is 70.3 Å². The monoisotopic (exact) mass is 430 g/mol. The molecular formula is C23H27ClN2O2S. The third-order valence-electron chi connectivity index (χ3n) is 4.83. The molecule has 2 aromatic rings. The van der Waals surface area contributed by atoms with Gasteiger partial charge in [0.25, 0.3) is 0 Å². The molecule has 0 unspecified atom stereocenters. The molecule has 0 radical (unpaired) electrons. The summed E-state index contributed by atoms with van der Waals surface area (Å²) in [6.45, 7) is 9.63. The number of rotatable bonds is 10. The molecule has 0 spiro atoms. The summed E-state index contributed by atoms with van der Waals surface area (Å²) < 4.78 is 14.3. The molecule has 2 aromatic carbocycles. The van der Waals surface area contributed by atoms with Crippen molar-refractivity contribution >= 4 is 23.5 Å². The van der Waals surface area contributed by atoms with Gasteiger partial charge in [-0.2, -0.15) is 5.26 Å². The van der Waals surface area contributed by atoms with Crippen LogP contribution in [0.15, 0.2) is 48.6 Å². The van der Waals surface area contributed by atoms with Gasteiger partial charge in [-0.05, 0) is 53.6 Å². The van der Waals surface area contributed by atoms with Gasteiger partial charge in [-0.15, -0.1) is 0 Å². The maximum atomic E-state index is 9.43. The number of methoxy groups -OCH3 is 1. The molecule has 6 heteroatoms. The Morgan fingerprint density at radius 1 is 1.24 bits per heavy atom. The van der Waals surface area contributed by atoms with Crippen LogP contribution in [0.1, 0.15) is 37.0 Å². The first-order valence-electron chi connectivity index (χ1n) is 9.27. The smallest absolute Gasteiger partial charge is 0.155 e. The lowest BCUT2D eigenvalue weighted by atomic mass is 9.77. The van der Waals surface area contributed by atoms with E-state index in [0.717, 1.165) is 35.4 Å². The minimum Gasteiger partial charge on any atom is -0.494 e. The molecule has 0 aliphatic carbocycles. The van der Waals surface area contributed by atoms with E-state index in [9.17, 15) is 5.26 Å². The average Bonchev–Trinajstić information content (AvgIpc) is 2.72. The van der Waals surface area contributed by atoms with Gasteiger partial charge in [0.15, 0.2) is 5.75 Å². The summed E-state index contributed by atoms with van der Waals surface area (Å²) in [5.41, 5.74) is 3.18. The van der Waals surface area contributed by atoms with Crippen LogP contribution in [0.3, 0.4) is 0 Å². The quantitative estimate of drug-likeness (QED) is 0.296. The molecule has 0 bridgehead atoms. The number of benzene rings is 2. The Labute approximate surface area is 183 Å². The number of halogens is 1. The van der Waals surface area contributed by atoms with Gasteiger partial charge < -0.3 is 9.47 Å². The van der Waals surface area contributed by atoms with E-state index < -0.39 is 0 Å². The van der Waals surface area contributed by atoms with Crippen molar-refractivity contribution in [3.8, 4) is 17.6 Å². The zero-order valence-electron chi connectivity index (χ0n) is 17.3. The zero-order chi connectivity index (χ0) is 21.4. The number of nitriles is 1. The van der Waals surface area contributed by atoms with E-state index in [4.69, 9.17) is 21.1 Å². The first kappa shape index (κ1) is 23.2. The molecule has 0 aliphatic rings. The van der Waals surface area contributed by atoms with E-state index >= 15 is 0 Å². The van der Waals surface area contributed by atoms with Gasteiger partial charge in [-0.25, -0.2) is 0 Å². The van der Waals surface area contributed by atoms with Gasteiger partial charge in [0.2, 0.25) is 0 Å². The van der Waals surface area contributed by atoms with Crippen molar-refractivity contribution in [1.82, 2.24) is 4.72 Å². The van der Waals surface area contributed by atoms with Crippen LogP contribution in [0.4, 0.5) is 0 Å². The Kier molecular flexibility index (Phi) is 8.45. The van der Waals surface area contributed by atoms with Crippen LogP contribution in [0.25, 0.3) is 0 Å². The van der Waals surface area contributed by atoms with Crippen molar-refractivity contribution in [2.75, 3.05) is 26.5 Å². The van der Waals surface area contributed by atoms with Crippen molar-refractivity contribution in [3.63, 3.8) is 0 Å². The Morgan fingerprint density at radius 3 is 2.52 bits per heavy atom. The molecule has 4 nitrogen and oxygen atoms in total. The highest BCUT2D eigenvalue weighted by Crippen LogP contribution is 2.38. The maximum Gasteiger partial charge on any atom is 0.155 e. The number of nitrogens with zero attached hydrogens (tertiary/aromatic N) is 1. The van der Waals surface area contributed by atoms with Gasteiger partial charge in [0.1, 0.15) is 18.4 Å². The van der Waals surface area contributed by atoms with Crippen LogP contribution >= 0.6 is 23.5 Å². The van der Waals surface area contributed by atoms with Crippen molar-refractivity contribution in [2.24, 2.45) is 0 Å². The van der Waals surface area contributed by atoms with E-state index in [1.54, 1.807) is 11.9 Å². The van der Waals surface area contributed by atoms with Gasteiger partial charge in [-0.3, -0.25) is 4.72 Å². The number of hydrogen-bond donors (Lipinski definition) is 1. The Balaban J connectivity index is 2.13.